The molecule has 3 rings (SSSR count). The third-order valence-electron chi connectivity index (χ3n) is 4.38. The molecule has 1 amide bonds. The van der Waals surface area contributed by atoms with Crippen LogP contribution in [0.1, 0.15) is 12.8 Å². The van der Waals surface area contributed by atoms with Gasteiger partial charge in [-0.1, -0.05) is 6.07 Å². The van der Waals surface area contributed by atoms with Gasteiger partial charge in [0.2, 0.25) is 5.91 Å². The minimum absolute atomic E-state index is 0.174. The van der Waals surface area contributed by atoms with E-state index in [0.717, 1.165) is 50.4 Å². The van der Waals surface area contributed by atoms with E-state index >= 15 is 0 Å². The lowest BCUT2D eigenvalue weighted by Crippen LogP contribution is -2.52. The predicted octanol–water partition coefficient (Wildman–Crippen LogP) is 0.350. The van der Waals surface area contributed by atoms with Crippen LogP contribution >= 0.6 is 11.3 Å². The quantitative estimate of drug-likeness (QED) is 0.778. The number of piperazine rings is 1. The van der Waals surface area contributed by atoms with Gasteiger partial charge in [0.1, 0.15) is 4.21 Å². The molecule has 0 aliphatic carbocycles. The van der Waals surface area contributed by atoms with Crippen molar-refractivity contribution in [3.05, 3.63) is 17.5 Å². The van der Waals surface area contributed by atoms with Crippen molar-refractivity contribution in [2.75, 3.05) is 45.9 Å². The van der Waals surface area contributed by atoms with E-state index in [1.54, 1.807) is 16.3 Å². The van der Waals surface area contributed by atoms with Crippen LogP contribution in [0, 0.1) is 0 Å². The van der Waals surface area contributed by atoms with Gasteiger partial charge in [0, 0.05) is 39.3 Å². The molecule has 0 radical (unpaired) electrons. The molecular formula is C15H23N3O4S2. The maximum atomic E-state index is 12.2. The summed E-state index contributed by atoms with van der Waals surface area (Å²) in [7, 11) is -3.58. The Kier molecular flexibility index (Phi) is 5.88. The largest absolute Gasteiger partial charge is 0.377 e. The molecule has 2 aliphatic rings. The Bertz CT molecular complexity index is 634. The molecular weight excluding hydrogens is 350 g/mol. The highest BCUT2D eigenvalue weighted by molar-refractivity contribution is 7.91. The van der Waals surface area contributed by atoms with E-state index in [4.69, 9.17) is 4.74 Å². The van der Waals surface area contributed by atoms with E-state index in [9.17, 15) is 13.2 Å². The average Bonchev–Trinajstić information content (AvgIpc) is 3.27. The zero-order valence-electron chi connectivity index (χ0n) is 13.5. The molecule has 134 valence electrons. The summed E-state index contributed by atoms with van der Waals surface area (Å²) in [5.74, 6) is -0.174. The van der Waals surface area contributed by atoms with Crippen LogP contribution in [0.15, 0.2) is 21.7 Å². The van der Waals surface area contributed by atoms with Gasteiger partial charge in [-0.25, -0.2) is 13.1 Å². The summed E-state index contributed by atoms with van der Waals surface area (Å²) in [5, 5.41) is 1.70. The van der Waals surface area contributed by atoms with Crippen LogP contribution in [-0.2, 0) is 19.6 Å². The first-order valence-corrected chi connectivity index (χ1v) is 10.6. The summed E-state index contributed by atoms with van der Waals surface area (Å²) >= 11 is 1.14. The molecule has 2 fully saturated rings. The number of hydrogen-bond acceptors (Lipinski definition) is 6. The first-order chi connectivity index (χ1) is 11.5. The number of nitrogens with one attached hydrogen (secondary N) is 1. The van der Waals surface area contributed by atoms with Gasteiger partial charge in [0.15, 0.2) is 0 Å². The molecule has 1 aromatic rings. The van der Waals surface area contributed by atoms with Gasteiger partial charge in [-0.2, -0.15) is 0 Å². The Morgan fingerprint density at radius 2 is 2.12 bits per heavy atom. The second-order valence-electron chi connectivity index (χ2n) is 6.07. The molecule has 0 bridgehead atoms. The van der Waals surface area contributed by atoms with Crippen molar-refractivity contribution in [3.63, 3.8) is 0 Å². The lowest BCUT2D eigenvalue weighted by molar-refractivity contribution is -0.131. The van der Waals surface area contributed by atoms with E-state index < -0.39 is 10.0 Å². The zero-order valence-corrected chi connectivity index (χ0v) is 15.2. The second kappa shape index (κ2) is 7.92. The van der Waals surface area contributed by atoms with E-state index in [2.05, 4.69) is 9.62 Å². The fraction of sp³-hybridized carbons (Fsp3) is 0.667. The Labute approximate surface area is 146 Å². The summed E-state index contributed by atoms with van der Waals surface area (Å²) < 4.78 is 32.3. The third kappa shape index (κ3) is 4.54. The Morgan fingerprint density at radius 1 is 1.33 bits per heavy atom. The van der Waals surface area contributed by atoms with Gasteiger partial charge in [-0.3, -0.25) is 9.69 Å². The number of carbonyl (C=O) groups is 1. The highest BCUT2D eigenvalue weighted by Crippen LogP contribution is 2.16. The number of hydrogen-bond donors (Lipinski definition) is 1. The van der Waals surface area contributed by atoms with E-state index in [1.165, 1.54) is 6.07 Å². The number of nitrogens with zero attached hydrogens (tertiary/aromatic N) is 2. The van der Waals surface area contributed by atoms with Crippen molar-refractivity contribution < 1.29 is 17.9 Å². The Morgan fingerprint density at radius 3 is 2.75 bits per heavy atom. The van der Waals surface area contributed by atoms with Crippen LogP contribution in [0.5, 0.6) is 0 Å². The van der Waals surface area contributed by atoms with Crippen molar-refractivity contribution in [2.24, 2.45) is 0 Å². The maximum Gasteiger partial charge on any atom is 0.250 e. The van der Waals surface area contributed by atoms with Crippen molar-refractivity contribution in [2.45, 2.75) is 23.2 Å². The van der Waals surface area contributed by atoms with Gasteiger partial charge in [0.05, 0.1) is 12.6 Å². The molecule has 2 saturated heterocycles. The van der Waals surface area contributed by atoms with Crippen LogP contribution in [0.25, 0.3) is 0 Å². The molecule has 1 aromatic heterocycles. The number of amides is 1. The molecule has 0 saturated carbocycles. The lowest BCUT2D eigenvalue weighted by Gasteiger charge is -2.35. The smallest absolute Gasteiger partial charge is 0.250 e. The van der Waals surface area contributed by atoms with Gasteiger partial charge < -0.3 is 9.64 Å². The second-order valence-corrected chi connectivity index (χ2v) is 9.01. The van der Waals surface area contributed by atoms with E-state index in [-0.39, 0.29) is 16.7 Å². The molecule has 1 unspecified atom stereocenters. The van der Waals surface area contributed by atoms with Crippen molar-refractivity contribution in [1.29, 1.82) is 0 Å². The van der Waals surface area contributed by atoms with Crippen LogP contribution in [0.4, 0.5) is 0 Å². The summed E-state index contributed by atoms with van der Waals surface area (Å²) in [6, 6.07) is 3.20. The number of carbonyl (C=O) groups excluding carboxylic acids is 1. The van der Waals surface area contributed by atoms with Crippen LogP contribution in [0.2, 0.25) is 0 Å². The summed E-state index contributed by atoms with van der Waals surface area (Å²) in [6.07, 6.45) is 2.57. The molecule has 2 aliphatic heterocycles. The first kappa shape index (κ1) is 17.8. The predicted molar refractivity (Wildman–Crippen MR) is 91.5 cm³/mol. The average molecular weight is 374 g/mol. The summed E-state index contributed by atoms with van der Waals surface area (Å²) in [6.45, 7) is 4.47. The number of ether oxygens (including phenoxy) is 1. The van der Waals surface area contributed by atoms with Crippen molar-refractivity contribution >= 4 is 27.3 Å². The monoisotopic (exact) mass is 373 g/mol. The molecule has 1 atom stereocenters. The fourth-order valence-electron chi connectivity index (χ4n) is 3.01. The van der Waals surface area contributed by atoms with Crippen molar-refractivity contribution in [3.8, 4) is 0 Å². The molecule has 9 heteroatoms. The van der Waals surface area contributed by atoms with Gasteiger partial charge in [-0.05, 0) is 24.3 Å². The third-order valence-corrected chi connectivity index (χ3v) is 7.18. The van der Waals surface area contributed by atoms with Gasteiger partial charge in [0.25, 0.3) is 10.0 Å². The molecule has 7 nitrogen and oxygen atoms in total. The van der Waals surface area contributed by atoms with Crippen LogP contribution < -0.4 is 4.72 Å². The minimum atomic E-state index is -3.58. The van der Waals surface area contributed by atoms with Gasteiger partial charge in [-0.15, -0.1) is 11.3 Å². The topological polar surface area (TPSA) is 79.0 Å². The van der Waals surface area contributed by atoms with Crippen molar-refractivity contribution in [1.82, 2.24) is 14.5 Å². The molecule has 0 spiro atoms. The number of rotatable bonds is 6. The van der Waals surface area contributed by atoms with Crippen LogP contribution in [0.3, 0.4) is 0 Å². The van der Waals surface area contributed by atoms with Gasteiger partial charge >= 0.3 is 0 Å². The minimum Gasteiger partial charge on any atom is -0.377 e. The van der Waals surface area contributed by atoms with E-state index in [0.29, 0.717) is 19.2 Å². The highest BCUT2D eigenvalue weighted by Gasteiger charge is 2.25. The normalized spacial score (nSPS) is 22.8. The standard InChI is InChI=1S/C15H23N3O4S2/c19-14(11-16-24(20,21)15-4-2-10-23-15)18-7-5-17(6-8-18)12-13-3-1-9-22-13/h2,4,10,13,16H,1,3,5-9,11-12H2. The Balaban J connectivity index is 1.42. The molecule has 3 heterocycles. The van der Waals surface area contributed by atoms with E-state index in [1.807, 2.05) is 0 Å². The molecule has 24 heavy (non-hydrogen) atoms. The molecule has 1 N–H and O–H groups in total. The fourth-order valence-corrected chi connectivity index (χ4v) is 5.02. The Hall–Kier alpha value is -1.00. The SMILES string of the molecule is O=C(CNS(=O)(=O)c1cccs1)N1CCN(CC2CCCO2)CC1. The lowest BCUT2D eigenvalue weighted by atomic mass is 10.2. The number of thiophene rings is 1. The first-order valence-electron chi connectivity index (χ1n) is 8.19. The molecule has 0 aromatic carbocycles. The summed E-state index contributed by atoms with van der Waals surface area (Å²) in [4.78, 5) is 16.3. The number of sulfonamides is 1. The van der Waals surface area contributed by atoms with Crippen LogP contribution in [-0.4, -0.2) is 76.1 Å². The summed E-state index contributed by atoms with van der Waals surface area (Å²) in [5.41, 5.74) is 0. The maximum absolute atomic E-state index is 12.2. The highest BCUT2D eigenvalue weighted by atomic mass is 32.2. The zero-order chi connectivity index (χ0) is 17.0.